The van der Waals surface area contributed by atoms with E-state index in [4.69, 9.17) is 4.52 Å². The predicted octanol–water partition coefficient (Wildman–Crippen LogP) is 5.43. The van der Waals surface area contributed by atoms with Gasteiger partial charge < -0.3 is 24.7 Å². The second-order valence-electron chi connectivity index (χ2n) is 14.6. The number of carbonyl (C=O) groups excluding carboxylic acids is 1. The minimum absolute atomic E-state index is 0.0701. The minimum Gasteiger partial charge on any atom is -0.393 e. The highest BCUT2D eigenvalue weighted by atomic mass is 16.5. The molecule has 4 fully saturated rings. The van der Waals surface area contributed by atoms with Crippen molar-refractivity contribution in [2.45, 2.75) is 109 Å². The molecule has 2 heterocycles. The van der Waals surface area contributed by atoms with E-state index in [1.807, 2.05) is 18.2 Å². The van der Waals surface area contributed by atoms with Crippen LogP contribution in [-0.4, -0.2) is 49.5 Å². The molecule has 0 bridgehead atoms. The van der Waals surface area contributed by atoms with Crippen molar-refractivity contribution in [3.8, 4) is 0 Å². The van der Waals surface area contributed by atoms with Crippen LogP contribution in [0.15, 0.2) is 34.9 Å². The lowest BCUT2D eigenvalue weighted by atomic mass is 9.43. The van der Waals surface area contributed by atoms with E-state index in [1.54, 1.807) is 12.1 Å². The van der Waals surface area contributed by atoms with Crippen LogP contribution in [0, 0.1) is 34.5 Å². The standard InChI is InChI=1S/C34H46N2O5/c1-32-15-12-24(37)19-22(32)8-10-29-28(32)13-16-33(2)21(11-17-34(29,33)40)7-9-23-20-25(41-35-23)14-18-36-30(38)26-5-3-4-6-27(26)31(36)39/h3-6,20-22,24,28-30,37-38,40H,7-19H2,1-2H3/t21-,22+,24?,28?,29+,30?,32-,33+,34-/m0/s1. The molecule has 1 aromatic heterocycles. The number of aryl methyl sites for hydroxylation is 1. The third kappa shape index (κ3) is 4.16. The zero-order chi connectivity index (χ0) is 28.6. The highest BCUT2D eigenvalue weighted by Crippen LogP contribution is 2.69. The summed E-state index contributed by atoms with van der Waals surface area (Å²) in [5, 5.41) is 37.7. The van der Waals surface area contributed by atoms with Gasteiger partial charge in [-0.15, -0.1) is 0 Å². The average molecular weight is 563 g/mol. The van der Waals surface area contributed by atoms with Gasteiger partial charge in [0, 0.05) is 30.2 Å². The Balaban J connectivity index is 0.977. The highest BCUT2D eigenvalue weighted by Gasteiger charge is 2.66. The number of aliphatic hydroxyl groups is 3. The lowest BCUT2D eigenvalue weighted by Gasteiger charge is -2.63. The van der Waals surface area contributed by atoms with Gasteiger partial charge in [-0.2, -0.15) is 0 Å². The van der Waals surface area contributed by atoms with Crippen molar-refractivity contribution in [2.24, 2.45) is 34.5 Å². The maximum absolute atomic E-state index is 12.7. The van der Waals surface area contributed by atoms with Gasteiger partial charge in [0.15, 0.2) is 6.23 Å². The van der Waals surface area contributed by atoms with E-state index in [-0.39, 0.29) is 22.8 Å². The normalized spacial score (nSPS) is 41.6. The lowest BCUT2D eigenvalue weighted by Crippen LogP contribution is -2.62. The van der Waals surface area contributed by atoms with E-state index in [1.165, 1.54) is 11.3 Å². The zero-order valence-corrected chi connectivity index (χ0v) is 24.6. The molecule has 7 heteroatoms. The highest BCUT2D eigenvalue weighted by molar-refractivity contribution is 5.98. The summed E-state index contributed by atoms with van der Waals surface area (Å²) >= 11 is 0. The first-order valence-corrected chi connectivity index (χ1v) is 16.1. The fourth-order valence-electron chi connectivity index (χ4n) is 10.5. The Labute approximate surface area is 243 Å². The molecule has 222 valence electrons. The molecule has 1 aromatic carbocycles. The van der Waals surface area contributed by atoms with Crippen molar-refractivity contribution in [1.82, 2.24) is 10.1 Å². The van der Waals surface area contributed by atoms with Crippen molar-refractivity contribution in [3.63, 3.8) is 0 Å². The average Bonchev–Trinajstić information content (AvgIpc) is 3.60. The summed E-state index contributed by atoms with van der Waals surface area (Å²) in [4.78, 5) is 14.2. The number of aliphatic hydroxyl groups excluding tert-OH is 2. The topological polar surface area (TPSA) is 107 Å². The fraction of sp³-hybridized carbons (Fsp3) is 0.706. The third-order valence-electron chi connectivity index (χ3n) is 13.0. The number of rotatable bonds is 6. The van der Waals surface area contributed by atoms with E-state index in [0.29, 0.717) is 47.8 Å². The van der Waals surface area contributed by atoms with Crippen LogP contribution in [0.3, 0.4) is 0 Å². The van der Waals surface area contributed by atoms with Crippen LogP contribution in [-0.2, 0) is 12.8 Å². The first-order valence-electron chi connectivity index (χ1n) is 16.1. The molecule has 9 atom stereocenters. The van der Waals surface area contributed by atoms with Crippen LogP contribution in [0.4, 0.5) is 0 Å². The molecule has 3 unspecified atom stereocenters. The van der Waals surface area contributed by atoms with Gasteiger partial charge in [0.25, 0.3) is 5.91 Å². The summed E-state index contributed by atoms with van der Waals surface area (Å²) in [6.45, 7) is 5.21. The summed E-state index contributed by atoms with van der Waals surface area (Å²) in [5.74, 6) is 2.58. The monoisotopic (exact) mass is 562 g/mol. The minimum atomic E-state index is -0.916. The van der Waals surface area contributed by atoms with Crippen molar-refractivity contribution < 1.29 is 24.6 Å². The van der Waals surface area contributed by atoms with Crippen molar-refractivity contribution in [1.29, 1.82) is 0 Å². The van der Waals surface area contributed by atoms with Gasteiger partial charge in [-0.3, -0.25) is 4.79 Å². The summed E-state index contributed by atoms with van der Waals surface area (Å²) in [6, 6.07) is 9.22. The zero-order valence-electron chi connectivity index (χ0n) is 24.6. The molecule has 7 nitrogen and oxygen atoms in total. The molecule has 2 aromatic rings. The first kappa shape index (κ1) is 27.6. The fourth-order valence-corrected chi connectivity index (χ4v) is 10.5. The largest absolute Gasteiger partial charge is 0.393 e. The van der Waals surface area contributed by atoms with Crippen LogP contribution in [0.5, 0.6) is 0 Å². The number of benzene rings is 1. The van der Waals surface area contributed by atoms with Gasteiger partial charge in [-0.05, 0) is 111 Å². The molecular weight excluding hydrogens is 516 g/mol. The van der Waals surface area contributed by atoms with E-state index < -0.39 is 11.8 Å². The van der Waals surface area contributed by atoms with Gasteiger partial charge in [-0.25, -0.2) is 0 Å². The van der Waals surface area contributed by atoms with Crippen LogP contribution in [0.2, 0.25) is 0 Å². The second kappa shape index (κ2) is 9.92. The molecule has 41 heavy (non-hydrogen) atoms. The molecule has 0 saturated heterocycles. The summed E-state index contributed by atoms with van der Waals surface area (Å²) in [6.07, 6.45) is 10.7. The number of aromatic nitrogens is 1. The van der Waals surface area contributed by atoms with E-state index >= 15 is 0 Å². The molecule has 0 radical (unpaired) electrons. The number of carbonyl (C=O) groups is 1. The van der Waals surface area contributed by atoms with Gasteiger partial charge >= 0.3 is 0 Å². The van der Waals surface area contributed by atoms with Gasteiger partial charge in [0.2, 0.25) is 0 Å². The Morgan fingerprint density at radius 2 is 1.83 bits per heavy atom. The lowest BCUT2D eigenvalue weighted by molar-refractivity contribution is -0.210. The van der Waals surface area contributed by atoms with E-state index in [9.17, 15) is 20.1 Å². The predicted molar refractivity (Wildman–Crippen MR) is 154 cm³/mol. The van der Waals surface area contributed by atoms with Crippen molar-refractivity contribution in [2.75, 3.05) is 6.54 Å². The third-order valence-corrected chi connectivity index (χ3v) is 13.0. The first-order chi connectivity index (χ1) is 19.6. The molecule has 1 aliphatic heterocycles. The van der Waals surface area contributed by atoms with Gasteiger partial charge in [0.05, 0.1) is 17.4 Å². The molecule has 0 spiro atoms. The smallest absolute Gasteiger partial charge is 0.256 e. The Morgan fingerprint density at radius 1 is 1.00 bits per heavy atom. The SMILES string of the molecule is C[C@]12CCC(O)C[C@H]1CC[C@@H]1C2CC[C@]2(C)[C@@H](CCc3cc(CCN4C(=O)c5ccccc5C4O)on3)CC[C@]12O. The van der Waals surface area contributed by atoms with Crippen LogP contribution in [0.1, 0.15) is 112 Å². The molecule has 4 saturated carbocycles. The number of hydrogen-bond donors (Lipinski definition) is 3. The number of fused-ring (bicyclic) bond motifs is 6. The Bertz CT molecular complexity index is 1310. The summed E-state index contributed by atoms with van der Waals surface area (Å²) in [5.41, 5.74) is 1.75. The van der Waals surface area contributed by atoms with E-state index in [2.05, 4.69) is 19.0 Å². The van der Waals surface area contributed by atoms with Gasteiger partial charge in [0.1, 0.15) is 5.76 Å². The maximum Gasteiger partial charge on any atom is 0.256 e. The molecular formula is C34H46N2O5. The van der Waals surface area contributed by atoms with Crippen molar-refractivity contribution >= 4 is 5.91 Å². The Hall–Kier alpha value is -2.22. The quantitative estimate of drug-likeness (QED) is 0.433. The molecule has 3 N–H and O–H groups in total. The second-order valence-corrected chi connectivity index (χ2v) is 14.6. The summed E-state index contributed by atoms with van der Waals surface area (Å²) < 4.78 is 5.64. The number of nitrogens with zero attached hydrogens (tertiary/aromatic N) is 2. The van der Waals surface area contributed by atoms with Crippen LogP contribution >= 0.6 is 0 Å². The van der Waals surface area contributed by atoms with E-state index in [0.717, 1.165) is 75.7 Å². The molecule has 4 aliphatic carbocycles. The Morgan fingerprint density at radius 3 is 2.66 bits per heavy atom. The number of hydrogen-bond acceptors (Lipinski definition) is 6. The Kier molecular flexibility index (Phi) is 6.68. The summed E-state index contributed by atoms with van der Waals surface area (Å²) in [7, 11) is 0. The molecule has 7 rings (SSSR count). The number of amides is 1. The molecule has 5 aliphatic rings. The van der Waals surface area contributed by atoms with Gasteiger partial charge in [-0.1, -0.05) is 37.2 Å². The van der Waals surface area contributed by atoms with Crippen molar-refractivity contribution in [3.05, 3.63) is 52.9 Å². The van der Waals surface area contributed by atoms with Crippen LogP contribution < -0.4 is 0 Å². The molecule has 1 amide bonds. The maximum atomic E-state index is 12.7. The van der Waals surface area contributed by atoms with Crippen LogP contribution in [0.25, 0.3) is 0 Å².